The van der Waals surface area contributed by atoms with Gasteiger partial charge < -0.3 is 15.6 Å². The van der Waals surface area contributed by atoms with Crippen molar-refractivity contribution in [1.29, 1.82) is 5.26 Å². The Morgan fingerprint density at radius 3 is 3.00 bits per heavy atom. The molecule has 0 saturated heterocycles. The normalized spacial score (nSPS) is 17.1. The average molecular weight is 349 g/mol. The number of nitrogens with one attached hydrogen (secondary N) is 1. The number of aromatic nitrogens is 1. The molecule has 21 heavy (non-hydrogen) atoms. The topological polar surface area (TPSA) is 87.9 Å². The van der Waals surface area contributed by atoms with Crippen LogP contribution in [0.4, 0.5) is 10.3 Å². The fourth-order valence-corrected chi connectivity index (χ4v) is 2.85. The fourth-order valence-electron chi connectivity index (χ4n) is 2.47. The van der Waals surface area contributed by atoms with Gasteiger partial charge in [-0.2, -0.15) is 5.26 Å². The van der Waals surface area contributed by atoms with Crippen LogP contribution >= 0.6 is 15.9 Å². The summed E-state index contributed by atoms with van der Waals surface area (Å²) < 4.78 is 20.1. The van der Waals surface area contributed by atoms with Crippen molar-refractivity contribution in [2.75, 3.05) is 5.32 Å². The highest BCUT2D eigenvalue weighted by molar-refractivity contribution is 9.10. The van der Waals surface area contributed by atoms with Crippen molar-refractivity contribution in [3.63, 3.8) is 0 Å². The van der Waals surface area contributed by atoms with Gasteiger partial charge in [0.15, 0.2) is 0 Å². The second-order valence-electron chi connectivity index (χ2n) is 4.67. The molecule has 0 aliphatic carbocycles. The Balaban J connectivity index is 2.30. The summed E-state index contributed by atoms with van der Waals surface area (Å²) in [5.41, 5.74) is 7.65. The van der Waals surface area contributed by atoms with Crippen LogP contribution in [0.3, 0.4) is 0 Å². The van der Waals surface area contributed by atoms with Gasteiger partial charge >= 0.3 is 0 Å². The van der Waals surface area contributed by atoms with E-state index in [2.05, 4.69) is 26.4 Å². The molecule has 1 aliphatic rings. The molecule has 1 aromatic carbocycles. The number of benzene rings is 1. The summed E-state index contributed by atoms with van der Waals surface area (Å²) in [5, 5.41) is 16.0. The molecule has 2 aromatic rings. The molecule has 1 aromatic heterocycles. The number of nitrogens with two attached hydrogens (primary N) is 1. The van der Waals surface area contributed by atoms with Crippen molar-refractivity contribution in [2.24, 2.45) is 5.73 Å². The summed E-state index contributed by atoms with van der Waals surface area (Å²) >= 11 is 3.32. The van der Waals surface area contributed by atoms with Gasteiger partial charge in [0.1, 0.15) is 11.6 Å². The standard InChI is InChI=1S/C14H10BrFN4O/c1-6-11-12(8-4-7(15)2-3-10(8)16)9(5-17)13(18)19-14(11)21-20-6/h2-4,12,19H,18H2,1H3/t12-/m0/s1. The number of hydrogen-bond acceptors (Lipinski definition) is 5. The molecule has 5 nitrogen and oxygen atoms in total. The Kier molecular flexibility index (Phi) is 3.18. The molecule has 0 bridgehead atoms. The zero-order valence-electron chi connectivity index (χ0n) is 10.9. The van der Waals surface area contributed by atoms with Crippen LogP contribution < -0.4 is 11.1 Å². The van der Waals surface area contributed by atoms with Crippen LogP contribution in [0, 0.1) is 24.1 Å². The molecule has 0 saturated carbocycles. The van der Waals surface area contributed by atoms with Gasteiger partial charge in [-0.05, 0) is 25.1 Å². The predicted molar refractivity (Wildman–Crippen MR) is 77.6 cm³/mol. The molecule has 0 amide bonds. The smallest absolute Gasteiger partial charge is 0.234 e. The third-order valence-electron chi connectivity index (χ3n) is 3.41. The van der Waals surface area contributed by atoms with E-state index in [-0.39, 0.29) is 11.4 Å². The van der Waals surface area contributed by atoms with Crippen molar-refractivity contribution in [1.82, 2.24) is 5.16 Å². The highest BCUT2D eigenvalue weighted by Gasteiger charge is 2.35. The number of hydrogen-bond donors (Lipinski definition) is 2. The molecular weight excluding hydrogens is 339 g/mol. The predicted octanol–water partition coefficient (Wildman–Crippen LogP) is 3.14. The van der Waals surface area contributed by atoms with Gasteiger partial charge in [-0.3, -0.25) is 0 Å². The van der Waals surface area contributed by atoms with Gasteiger partial charge in [0.2, 0.25) is 5.88 Å². The second-order valence-corrected chi connectivity index (χ2v) is 5.59. The maximum Gasteiger partial charge on any atom is 0.234 e. The van der Waals surface area contributed by atoms with Crippen molar-refractivity contribution in [3.8, 4) is 6.07 Å². The summed E-state index contributed by atoms with van der Waals surface area (Å²) in [5.74, 6) is -0.578. The first-order valence-corrected chi connectivity index (χ1v) is 6.90. The average Bonchev–Trinajstić information content (AvgIpc) is 2.81. The quantitative estimate of drug-likeness (QED) is 0.826. The number of anilines is 1. The van der Waals surface area contributed by atoms with Gasteiger partial charge in [-0.25, -0.2) is 4.39 Å². The molecule has 3 N–H and O–H groups in total. The SMILES string of the molecule is Cc1noc2c1[C@@H](c1cc(Br)ccc1F)C(C#N)=C(N)N2. The Hall–Kier alpha value is -2.33. The maximum absolute atomic E-state index is 14.3. The highest BCUT2D eigenvalue weighted by atomic mass is 79.9. The van der Waals surface area contributed by atoms with Crippen LogP contribution in [-0.2, 0) is 0 Å². The minimum atomic E-state index is -0.644. The minimum absolute atomic E-state index is 0.144. The monoisotopic (exact) mass is 348 g/mol. The Morgan fingerprint density at radius 1 is 1.52 bits per heavy atom. The van der Waals surface area contributed by atoms with Gasteiger partial charge in [-0.1, -0.05) is 21.1 Å². The number of aryl methyl sites for hydroxylation is 1. The molecule has 2 heterocycles. The summed E-state index contributed by atoms with van der Waals surface area (Å²) in [7, 11) is 0. The van der Waals surface area contributed by atoms with E-state index in [1.165, 1.54) is 6.07 Å². The lowest BCUT2D eigenvalue weighted by Crippen LogP contribution is -2.23. The number of halogens is 2. The minimum Gasteiger partial charge on any atom is -0.384 e. The van der Waals surface area contributed by atoms with Crippen LogP contribution in [0.15, 0.2) is 38.6 Å². The highest BCUT2D eigenvalue weighted by Crippen LogP contribution is 2.43. The van der Waals surface area contributed by atoms with E-state index in [4.69, 9.17) is 10.3 Å². The number of fused-ring (bicyclic) bond motifs is 1. The van der Waals surface area contributed by atoms with E-state index in [1.807, 2.05) is 6.07 Å². The fraction of sp³-hybridized carbons (Fsp3) is 0.143. The molecular formula is C14H10BrFN4O. The molecule has 0 radical (unpaired) electrons. The molecule has 3 rings (SSSR count). The molecule has 106 valence electrons. The van der Waals surface area contributed by atoms with Gasteiger partial charge in [0.25, 0.3) is 0 Å². The molecule has 7 heteroatoms. The first-order valence-electron chi connectivity index (χ1n) is 6.10. The lowest BCUT2D eigenvalue weighted by molar-refractivity contribution is 0.427. The van der Waals surface area contributed by atoms with E-state index in [0.29, 0.717) is 27.2 Å². The van der Waals surface area contributed by atoms with Crippen molar-refractivity contribution in [2.45, 2.75) is 12.8 Å². The maximum atomic E-state index is 14.3. The van der Waals surface area contributed by atoms with Crippen molar-refractivity contribution < 1.29 is 8.91 Å². The van der Waals surface area contributed by atoms with Crippen LogP contribution in [0.5, 0.6) is 0 Å². The molecule has 0 fully saturated rings. The van der Waals surface area contributed by atoms with E-state index in [0.717, 1.165) is 0 Å². The Bertz CT molecular complexity index is 806. The van der Waals surface area contributed by atoms with E-state index < -0.39 is 11.7 Å². The van der Waals surface area contributed by atoms with Crippen LogP contribution in [0.2, 0.25) is 0 Å². The number of rotatable bonds is 1. The zero-order valence-corrected chi connectivity index (χ0v) is 12.5. The number of nitriles is 1. The van der Waals surface area contributed by atoms with E-state index in [9.17, 15) is 9.65 Å². The van der Waals surface area contributed by atoms with Gasteiger partial charge in [0, 0.05) is 10.0 Å². The summed E-state index contributed by atoms with van der Waals surface area (Å²) in [6.07, 6.45) is 0. The van der Waals surface area contributed by atoms with Crippen LogP contribution in [-0.4, -0.2) is 5.16 Å². The third kappa shape index (κ3) is 2.08. The first-order chi connectivity index (χ1) is 10.0. The second kappa shape index (κ2) is 4.90. The molecule has 1 atom stereocenters. The summed E-state index contributed by atoms with van der Waals surface area (Å²) in [6.45, 7) is 1.74. The van der Waals surface area contributed by atoms with Crippen molar-refractivity contribution in [3.05, 3.63) is 56.7 Å². The van der Waals surface area contributed by atoms with Gasteiger partial charge in [0.05, 0.1) is 28.8 Å². The Morgan fingerprint density at radius 2 is 2.29 bits per heavy atom. The molecule has 1 aliphatic heterocycles. The summed E-state index contributed by atoms with van der Waals surface area (Å²) in [4.78, 5) is 0. The lowest BCUT2D eigenvalue weighted by atomic mass is 9.83. The molecule has 0 spiro atoms. The van der Waals surface area contributed by atoms with E-state index in [1.54, 1.807) is 19.1 Å². The zero-order chi connectivity index (χ0) is 15.1. The Labute approximate surface area is 128 Å². The first kappa shape index (κ1) is 13.6. The van der Waals surface area contributed by atoms with Crippen LogP contribution in [0.25, 0.3) is 0 Å². The largest absolute Gasteiger partial charge is 0.384 e. The van der Waals surface area contributed by atoms with E-state index >= 15 is 0 Å². The van der Waals surface area contributed by atoms with Crippen LogP contribution in [0.1, 0.15) is 22.7 Å². The number of allylic oxidation sites excluding steroid dienone is 1. The third-order valence-corrected chi connectivity index (χ3v) is 3.91. The van der Waals surface area contributed by atoms with Gasteiger partial charge in [-0.15, -0.1) is 0 Å². The lowest BCUT2D eigenvalue weighted by Gasteiger charge is -2.24. The summed E-state index contributed by atoms with van der Waals surface area (Å²) in [6, 6.07) is 6.62. The molecule has 0 unspecified atom stereocenters. The number of nitrogens with zero attached hydrogens (tertiary/aromatic N) is 2. The van der Waals surface area contributed by atoms with Crippen molar-refractivity contribution >= 4 is 21.8 Å².